The molecule has 0 saturated carbocycles. The van der Waals surface area contributed by atoms with Gasteiger partial charge in [-0.3, -0.25) is 4.79 Å². The minimum Gasteiger partial charge on any atom is -0.452 e. The van der Waals surface area contributed by atoms with E-state index < -0.39 is 22.6 Å². The summed E-state index contributed by atoms with van der Waals surface area (Å²) in [5.41, 5.74) is 3.13. The van der Waals surface area contributed by atoms with Gasteiger partial charge in [0.15, 0.2) is 11.1 Å². The highest BCUT2D eigenvalue weighted by molar-refractivity contribution is 6.04. The average molecular weight is 212 g/mol. The van der Waals surface area contributed by atoms with Crippen molar-refractivity contribution in [1.29, 1.82) is 0 Å². The Morgan fingerprint density at radius 3 is 2.40 bits per heavy atom. The van der Waals surface area contributed by atoms with Crippen molar-refractivity contribution in [3.05, 3.63) is 0 Å². The maximum atomic E-state index is 11.8. The van der Waals surface area contributed by atoms with Gasteiger partial charge in [0.2, 0.25) is 5.91 Å². The molecule has 3 atom stereocenters. The van der Waals surface area contributed by atoms with Gasteiger partial charge in [-0.1, -0.05) is 13.3 Å². The summed E-state index contributed by atoms with van der Waals surface area (Å²) < 4.78 is 5.14. The highest BCUT2D eigenvalue weighted by atomic mass is 16.6. The molecule has 0 aliphatic carbocycles. The van der Waals surface area contributed by atoms with Crippen LogP contribution < -0.4 is 11.1 Å². The fourth-order valence-corrected chi connectivity index (χ4v) is 2.55. The van der Waals surface area contributed by atoms with Gasteiger partial charge in [-0.05, 0) is 20.3 Å². The molecule has 15 heavy (non-hydrogen) atoms. The predicted octanol–water partition coefficient (Wildman–Crippen LogP) is -0.312. The van der Waals surface area contributed by atoms with Gasteiger partial charge >= 0.3 is 5.97 Å². The third-order valence-corrected chi connectivity index (χ3v) is 3.92. The molecular weight excluding hydrogens is 196 g/mol. The van der Waals surface area contributed by atoms with Crippen molar-refractivity contribution >= 4 is 11.9 Å². The van der Waals surface area contributed by atoms with Crippen molar-refractivity contribution < 1.29 is 14.3 Å². The zero-order chi connectivity index (χ0) is 11.5. The molecule has 0 bridgehead atoms. The van der Waals surface area contributed by atoms with E-state index >= 15 is 0 Å². The number of hydrogen-bond donors (Lipinski definition) is 2. The number of nitrogens with one attached hydrogen (secondary N) is 1. The van der Waals surface area contributed by atoms with Gasteiger partial charge in [0.05, 0.1) is 0 Å². The molecule has 2 saturated heterocycles. The van der Waals surface area contributed by atoms with Crippen LogP contribution in [-0.2, 0) is 14.3 Å². The van der Waals surface area contributed by atoms with Crippen LogP contribution in [0.4, 0.5) is 0 Å². The molecule has 2 aliphatic heterocycles. The van der Waals surface area contributed by atoms with E-state index in [9.17, 15) is 9.59 Å². The summed E-state index contributed by atoms with van der Waals surface area (Å²) in [5.74, 6) is -0.693. The van der Waals surface area contributed by atoms with E-state index in [2.05, 4.69) is 5.32 Å². The second-order valence-electron chi connectivity index (χ2n) is 4.72. The SMILES string of the molecule is CCC[C@@]1(N)C(=O)N[C@@]2(C)C(=O)O[C@@]12C. The maximum Gasteiger partial charge on any atom is 0.336 e. The van der Waals surface area contributed by atoms with Crippen LogP contribution in [0, 0.1) is 0 Å². The van der Waals surface area contributed by atoms with Crippen molar-refractivity contribution in [2.24, 2.45) is 5.73 Å². The Morgan fingerprint density at radius 1 is 1.40 bits per heavy atom. The van der Waals surface area contributed by atoms with Gasteiger partial charge in [-0.25, -0.2) is 4.79 Å². The third-order valence-electron chi connectivity index (χ3n) is 3.92. The molecule has 84 valence electrons. The predicted molar refractivity (Wildman–Crippen MR) is 52.9 cm³/mol. The molecule has 2 rings (SSSR count). The number of rotatable bonds is 2. The molecule has 0 spiro atoms. The average Bonchev–Trinajstić information content (AvgIpc) is 2.26. The van der Waals surface area contributed by atoms with Crippen LogP contribution >= 0.6 is 0 Å². The third kappa shape index (κ3) is 0.833. The highest BCUT2D eigenvalue weighted by Crippen LogP contribution is 2.50. The first-order chi connectivity index (χ1) is 6.82. The summed E-state index contributed by atoms with van der Waals surface area (Å²) in [6, 6.07) is 0. The standard InChI is InChI=1S/C10H16N2O3/c1-4-5-10(11)6(13)12-8(2)7(14)15-9(8,10)3/h4-5,11H2,1-3H3,(H,12,13)/t8-,9+,10+/m0/s1. The number of fused-ring (bicyclic) bond motifs is 1. The Labute approximate surface area is 88.3 Å². The highest BCUT2D eigenvalue weighted by Gasteiger charge is 2.79. The second-order valence-corrected chi connectivity index (χ2v) is 4.72. The van der Waals surface area contributed by atoms with Crippen molar-refractivity contribution in [3.8, 4) is 0 Å². The van der Waals surface area contributed by atoms with E-state index in [1.807, 2.05) is 6.92 Å². The van der Waals surface area contributed by atoms with Crippen LogP contribution in [-0.4, -0.2) is 28.6 Å². The Morgan fingerprint density at radius 2 is 2.00 bits per heavy atom. The monoisotopic (exact) mass is 212 g/mol. The normalized spacial score (nSPS) is 48.0. The van der Waals surface area contributed by atoms with Crippen molar-refractivity contribution in [3.63, 3.8) is 0 Å². The Bertz CT molecular complexity index is 357. The number of ether oxygens (including phenoxy) is 1. The van der Waals surface area contributed by atoms with Gasteiger partial charge in [0.25, 0.3) is 0 Å². The van der Waals surface area contributed by atoms with Crippen molar-refractivity contribution in [2.75, 3.05) is 0 Å². The Kier molecular flexibility index (Phi) is 1.75. The molecule has 0 aromatic heterocycles. The summed E-state index contributed by atoms with van der Waals surface area (Å²) in [4.78, 5) is 23.2. The molecule has 5 heteroatoms. The topological polar surface area (TPSA) is 81.4 Å². The number of esters is 1. The quantitative estimate of drug-likeness (QED) is 0.615. The van der Waals surface area contributed by atoms with Crippen LogP contribution in [0.5, 0.6) is 0 Å². The first-order valence-electron chi connectivity index (χ1n) is 5.17. The van der Waals surface area contributed by atoms with Gasteiger partial charge in [0, 0.05) is 0 Å². The molecule has 0 radical (unpaired) electrons. The number of amides is 1. The summed E-state index contributed by atoms with van der Waals surface area (Å²) in [7, 11) is 0. The van der Waals surface area contributed by atoms with E-state index in [-0.39, 0.29) is 5.91 Å². The molecule has 0 aromatic carbocycles. The smallest absolute Gasteiger partial charge is 0.336 e. The van der Waals surface area contributed by atoms with E-state index in [1.165, 1.54) is 0 Å². The summed E-state index contributed by atoms with van der Waals surface area (Å²) >= 11 is 0. The molecule has 5 nitrogen and oxygen atoms in total. The molecule has 1 amide bonds. The number of carbonyl (C=O) groups is 2. The Hall–Kier alpha value is -1.10. The van der Waals surface area contributed by atoms with Gasteiger partial charge < -0.3 is 15.8 Å². The van der Waals surface area contributed by atoms with Crippen LogP contribution in [0.2, 0.25) is 0 Å². The fraction of sp³-hybridized carbons (Fsp3) is 0.800. The van der Waals surface area contributed by atoms with E-state index in [1.54, 1.807) is 13.8 Å². The van der Waals surface area contributed by atoms with Gasteiger partial charge in [-0.2, -0.15) is 0 Å². The molecule has 0 unspecified atom stereocenters. The van der Waals surface area contributed by atoms with Crippen molar-refractivity contribution in [1.82, 2.24) is 5.32 Å². The minimum atomic E-state index is -1.09. The van der Waals surface area contributed by atoms with E-state index in [0.29, 0.717) is 6.42 Å². The van der Waals surface area contributed by atoms with Crippen molar-refractivity contribution in [2.45, 2.75) is 50.3 Å². The van der Waals surface area contributed by atoms with Gasteiger partial charge in [0.1, 0.15) is 5.54 Å². The minimum absolute atomic E-state index is 0.291. The van der Waals surface area contributed by atoms with E-state index in [0.717, 1.165) is 6.42 Å². The Balaban J connectivity index is 2.44. The van der Waals surface area contributed by atoms with Crippen LogP contribution in [0.15, 0.2) is 0 Å². The number of nitrogens with two attached hydrogens (primary N) is 1. The lowest BCUT2D eigenvalue weighted by Gasteiger charge is -2.52. The maximum absolute atomic E-state index is 11.8. The lowest BCUT2D eigenvalue weighted by atomic mass is 9.67. The zero-order valence-corrected chi connectivity index (χ0v) is 9.22. The molecular formula is C10H16N2O3. The molecule has 2 aliphatic rings. The first kappa shape index (κ1) is 10.4. The van der Waals surface area contributed by atoms with Crippen LogP contribution in [0.1, 0.15) is 33.6 Å². The first-order valence-corrected chi connectivity index (χ1v) is 5.17. The number of carbonyl (C=O) groups excluding carboxylic acids is 2. The molecule has 2 heterocycles. The molecule has 3 N–H and O–H groups in total. The molecule has 2 fully saturated rings. The lowest BCUT2D eigenvalue weighted by Crippen LogP contribution is -2.78. The largest absolute Gasteiger partial charge is 0.452 e. The number of hydrogen-bond acceptors (Lipinski definition) is 4. The zero-order valence-electron chi connectivity index (χ0n) is 9.22. The fourth-order valence-electron chi connectivity index (χ4n) is 2.55. The molecule has 0 aromatic rings. The summed E-state index contributed by atoms with van der Waals surface area (Å²) in [5, 5.41) is 2.66. The van der Waals surface area contributed by atoms with Crippen LogP contribution in [0.3, 0.4) is 0 Å². The lowest BCUT2D eigenvalue weighted by molar-refractivity contribution is -0.219. The summed E-state index contributed by atoms with van der Waals surface area (Å²) in [6.07, 6.45) is 1.28. The van der Waals surface area contributed by atoms with Crippen LogP contribution in [0.25, 0.3) is 0 Å². The van der Waals surface area contributed by atoms with Gasteiger partial charge in [-0.15, -0.1) is 0 Å². The van der Waals surface area contributed by atoms with E-state index in [4.69, 9.17) is 10.5 Å². The second kappa shape index (κ2) is 2.52. The summed E-state index contributed by atoms with van der Waals surface area (Å²) in [6.45, 7) is 5.34.